The summed E-state index contributed by atoms with van der Waals surface area (Å²) in [4.78, 5) is 16.3. The van der Waals surface area contributed by atoms with Crippen molar-refractivity contribution in [3.8, 4) is 0 Å². The van der Waals surface area contributed by atoms with Crippen LogP contribution in [0.1, 0.15) is 36.5 Å². The molecule has 0 saturated carbocycles. The molecule has 24 heavy (non-hydrogen) atoms. The molecule has 3 nitrogen and oxygen atoms in total. The van der Waals surface area contributed by atoms with Gasteiger partial charge in [0.15, 0.2) is 5.70 Å². The molecule has 1 heterocycles. The molecule has 0 saturated heterocycles. The summed E-state index contributed by atoms with van der Waals surface area (Å²) in [6.45, 7) is 4.25. The van der Waals surface area contributed by atoms with E-state index in [0.29, 0.717) is 27.4 Å². The van der Waals surface area contributed by atoms with Crippen molar-refractivity contribution in [2.24, 2.45) is 4.99 Å². The summed E-state index contributed by atoms with van der Waals surface area (Å²) in [5.74, 6) is 0.223. The Morgan fingerprint density at radius 2 is 1.79 bits per heavy atom. The van der Waals surface area contributed by atoms with Crippen LogP contribution >= 0.6 is 23.2 Å². The second kappa shape index (κ2) is 6.80. The minimum atomic E-state index is -0.506. The van der Waals surface area contributed by atoms with Crippen molar-refractivity contribution in [1.82, 2.24) is 0 Å². The molecule has 0 bridgehead atoms. The zero-order valence-corrected chi connectivity index (χ0v) is 14.7. The summed E-state index contributed by atoms with van der Waals surface area (Å²) in [6, 6.07) is 13.0. The first-order valence-electron chi connectivity index (χ1n) is 7.52. The van der Waals surface area contributed by atoms with Crippen LogP contribution in [0.3, 0.4) is 0 Å². The summed E-state index contributed by atoms with van der Waals surface area (Å²) in [6.07, 6.45) is 1.58. The summed E-state index contributed by atoms with van der Waals surface area (Å²) < 4.78 is 5.27. The van der Waals surface area contributed by atoms with E-state index in [9.17, 15) is 4.79 Å². The highest BCUT2D eigenvalue weighted by Crippen LogP contribution is 2.29. The lowest BCUT2D eigenvalue weighted by Crippen LogP contribution is -2.05. The van der Waals surface area contributed by atoms with Gasteiger partial charge in [0.25, 0.3) is 0 Å². The quantitative estimate of drug-likeness (QED) is 0.538. The number of nitrogens with zero attached hydrogens (tertiary/aromatic N) is 1. The summed E-state index contributed by atoms with van der Waals surface area (Å²) >= 11 is 12.1. The Bertz CT molecular complexity index is 852. The van der Waals surface area contributed by atoms with E-state index in [1.165, 1.54) is 5.56 Å². The fraction of sp³-hybridized carbons (Fsp3) is 0.158. The van der Waals surface area contributed by atoms with Gasteiger partial charge < -0.3 is 4.74 Å². The maximum atomic E-state index is 12.1. The Balaban J connectivity index is 1.93. The zero-order valence-electron chi connectivity index (χ0n) is 13.2. The third-order valence-corrected chi connectivity index (χ3v) is 4.55. The number of carbonyl (C=O) groups excluding carboxylic acids is 1. The van der Waals surface area contributed by atoms with Crippen LogP contribution in [-0.4, -0.2) is 11.9 Å². The molecule has 0 unspecified atom stereocenters. The predicted molar refractivity (Wildman–Crippen MR) is 97.6 cm³/mol. The van der Waals surface area contributed by atoms with Crippen molar-refractivity contribution >= 4 is 41.1 Å². The van der Waals surface area contributed by atoms with E-state index in [2.05, 4.69) is 18.8 Å². The number of esters is 1. The first kappa shape index (κ1) is 16.7. The number of cyclic esters (lactones) is 1. The van der Waals surface area contributed by atoms with E-state index in [-0.39, 0.29) is 5.70 Å². The molecule has 0 N–H and O–H groups in total. The van der Waals surface area contributed by atoms with Crippen molar-refractivity contribution in [2.45, 2.75) is 19.8 Å². The Morgan fingerprint density at radius 1 is 1.08 bits per heavy atom. The van der Waals surface area contributed by atoms with Crippen molar-refractivity contribution in [1.29, 1.82) is 0 Å². The number of carbonyl (C=O) groups is 1. The van der Waals surface area contributed by atoms with Crippen molar-refractivity contribution < 1.29 is 9.53 Å². The van der Waals surface area contributed by atoms with Gasteiger partial charge in [0.1, 0.15) is 0 Å². The molecule has 2 aromatic rings. The number of ether oxygens (including phenoxy) is 1. The highest BCUT2D eigenvalue weighted by molar-refractivity contribution is 6.43. The van der Waals surface area contributed by atoms with Crippen LogP contribution in [0.15, 0.2) is 53.2 Å². The van der Waals surface area contributed by atoms with Gasteiger partial charge in [-0.05, 0) is 41.3 Å². The summed E-state index contributed by atoms with van der Waals surface area (Å²) in [7, 11) is 0. The molecule has 2 aromatic carbocycles. The molecule has 122 valence electrons. The van der Waals surface area contributed by atoms with Gasteiger partial charge in [0.2, 0.25) is 5.90 Å². The normalized spacial score (nSPS) is 15.8. The van der Waals surface area contributed by atoms with Gasteiger partial charge in [0, 0.05) is 5.56 Å². The SMILES string of the molecule is CC(C)c1ccc(C2=N/C(=C\c3cccc(Cl)c3Cl)C(=O)O2)cc1. The maximum absolute atomic E-state index is 12.1. The fourth-order valence-electron chi connectivity index (χ4n) is 2.32. The van der Waals surface area contributed by atoms with Crippen molar-refractivity contribution in [2.75, 3.05) is 0 Å². The topological polar surface area (TPSA) is 38.7 Å². The zero-order chi connectivity index (χ0) is 17.3. The highest BCUT2D eigenvalue weighted by Gasteiger charge is 2.24. The molecule has 0 atom stereocenters. The first-order chi connectivity index (χ1) is 11.5. The fourth-order valence-corrected chi connectivity index (χ4v) is 2.68. The van der Waals surface area contributed by atoms with E-state index in [0.717, 1.165) is 5.56 Å². The Labute approximate surface area is 150 Å². The van der Waals surface area contributed by atoms with Crippen LogP contribution in [0.2, 0.25) is 10.0 Å². The van der Waals surface area contributed by atoms with Gasteiger partial charge in [-0.1, -0.05) is 61.3 Å². The van der Waals surface area contributed by atoms with Gasteiger partial charge in [0.05, 0.1) is 10.0 Å². The standard InChI is InChI=1S/C19H15Cl2NO2/c1-11(2)12-6-8-13(9-7-12)18-22-16(19(23)24-18)10-14-4-3-5-15(20)17(14)21/h3-11H,1-2H3/b16-10-. The number of rotatable bonds is 3. The number of aliphatic imine (C=N–C) groups is 1. The van der Waals surface area contributed by atoms with Gasteiger partial charge in [-0.15, -0.1) is 0 Å². The highest BCUT2D eigenvalue weighted by atomic mass is 35.5. The smallest absolute Gasteiger partial charge is 0.363 e. The molecule has 1 aliphatic heterocycles. The number of hydrogen-bond acceptors (Lipinski definition) is 3. The van der Waals surface area contributed by atoms with E-state index in [4.69, 9.17) is 27.9 Å². The van der Waals surface area contributed by atoms with E-state index >= 15 is 0 Å². The lowest BCUT2D eigenvalue weighted by molar-refractivity contribution is -0.129. The average molecular weight is 360 g/mol. The van der Waals surface area contributed by atoms with Crippen LogP contribution < -0.4 is 0 Å². The van der Waals surface area contributed by atoms with Crippen LogP contribution in [0.25, 0.3) is 6.08 Å². The predicted octanol–water partition coefficient (Wildman–Crippen LogP) is 5.46. The summed E-state index contributed by atoms with van der Waals surface area (Å²) in [5, 5.41) is 0.801. The first-order valence-corrected chi connectivity index (χ1v) is 8.28. The van der Waals surface area contributed by atoms with Crippen molar-refractivity contribution in [3.63, 3.8) is 0 Å². The molecule has 0 fully saturated rings. The monoisotopic (exact) mass is 359 g/mol. The largest absolute Gasteiger partial charge is 0.402 e. The van der Waals surface area contributed by atoms with Crippen LogP contribution in [0, 0.1) is 0 Å². The molecule has 0 spiro atoms. The third-order valence-electron chi connectivity index (χ3n) is 3.72. The molecule has 1 aliphatic rings. The van der Waals surface area contributed by atoms with Crippen LogP contribution in [0.4, 0.5) is 0 Å². The average Bonchev–Trinajstić information content (AvgIpc) is 2.93. The van der Waals surface area contributed by atoms with Crippen molar-refractivity contribution in [3.05, 3.63) is 74.9 Å². The van der Waals surface area contributed by atoms with E-state index in [1.54, 1.807) is 24.3 Å². The number of hydrogen-bond donors (Lipinski definition) is 0. The Morgan fingerprint density at radius 3 is 2.46 bits per heavy atom. The van der Waals surface area contributed by atoms with Gasteiger partial charge in [-0.2, -0.15) is 0 Å². The number of halogens is 2. The van der Waals surface area contributed by atoms with Gasteiger partial charge >= 0.3 is 5.97 Å². The molecule has 0 radical (unpaired) electrons. The molecule has 5 heteroatoms. The lowest BCUT2D eigenvalue weighted by Gasteiger charge is -2.05. The van der Waals surface area contributed by atoms with Gasteiger partial charge in [-0.25, -0.2) is 9.79 Å². The van der Waals surface area contributed by atoms with E-state index < -0.39 is 5.97 Å². The molecule has 0 amide bonds. The molecular formula is C19H15Cl2NO2. The second-order valence-corrected chi connectivity index (χ2v) is 6.54. The maximum Gasteiger partial charge on any atom is 0.363 e. The third kappa shape index (κ3) is 3.37. The molecular weight excluding hydrogens is 345 g/mol. The minimum Gasteiger partial charge on any atom is -0.402 e. The van der Waals surface area contributed by atoms with Crippen LogP contribution in [0.5, 0.6) is 0 Å². The minimum absolute atomic E-state index is 0.196. The second-order valence-electron chi connectivity index (χ2n) is 5.76. The summed E-state index contributed by atoms with van der Waals surface area (Å²) in [5.41, 5.74) is 2.79. The van der Waals surface area contributed by atoms with Crippen LogP contribution in [-0.2, 0) is 9.53 Å². The Hall–Kier alpha value is -2.10. The van der Waals surface area contributed by atoms with Gasteiger partial charge in [-0.3, -0.25) is 0 Å². The molecule has 0 aliphatic carbocycles. The molecule has 3 rings (SSSR count). The van der Waals surface area contributed by atoms with E-state index in [1.807, 2.05) is 24.3 Å². The molecule has 0 aromatic heterocycles. The lowest BCUT2D eigenvalue weighted by atomic mass is 10.0. The Kier molecular flexibility index (Phi) is 4.74. The number of benzene rings is 2.